The number of likely N-dealkylation sites (N-methyl/N-ethyl adjacent to an activating group) is 1. The van der Waals surface area contributed by atoms with Crippen molar-refractivity contribution in [2.24, 2.45) is 0 Å². The third-order valence-corrected chi connectivity index (χ3v) is 6.41. The summed E-state index contributed by atoms with van der Waals surface area (Å²) in [5.41, 5.74) is 1.09. The molecule has 0 aliphatic carbocycles. The van der Waals surface area contributed by atoms with E-state index in [0.29, 0.717) is 50.0 Å². The molecular weight excluding hydrogens is 362 g/mol. The molecule has 1 fully saturated rings. The molecule has 6 nitrogen and oxygen atoms in total. The van der Waals surface area contributed by atoms with Crippen molar-refractivity contribution in [2.75, 3.05) is 45.1 Å². The highest BCUT2D eigenvalue weighted by Gasteiger charge is 2.28. The fourth-order valence-electron chi connectivity index (χ4n) is 2.83. The van der Waals surface area contributed by atoms with Gasteiger partial charge in [0.25, 0.3) is 0 Å². The van der Waals surface area contributed by atoms with Crippen LogP contribution in [0, 0.1) is 0 Å². The van der Waals surface area contributed by atoms with Crippen LogP contribution in [0.2, 0.25) is 0 Å². The van der Waals surface area contributed by atoms with Crippen molar-refractivity contribution < 1.29 is 13.2 Å². The van der Waals surface area contributed by atoms with Crippen LogP contribution in [-0.2, 0) is 21.2 Å². The Kier molecular flexibility index (Phi) is 7.68. The summed E-state index contributed by atoms with van der Waals surface area (Å²) in [7, 11) is -3.48. The molecule has 1 aliphatic heterocycles. The van der Waals surface area contributed by atoms with Crippen LogP contribution in [0.5, 0.6) is 0 Å². The van der Waals surface area contributed by atoms with E-state index in [1.165, 1.54) is 4.31 Å². The van der Waals surface area contributed by atoms with E-state index in [4.69, 9.17) is 11.6 Å². The summed E-state index contributed by atoms with van der Waals surface area (Å²) in [6.45, 7) is 4.72. The largest absolute Gasteiger partial charge is 0.355 e. The van der Waals surface area contributed by atoms with Gasteiger partial charge in [-0.15, -0.1) is 11.6 Å². The van der Waals surface area contributed by atoms with E-state index < -0.39 is 10.0 Å². The first-order valence-electron chi connectivity index (χ1n) is 8.61. The zero-order chi connectivity index (χ0) is 18.3. The Morgan fingerprint density at radius 2 is 1.80 bits per heavy atom. The van der Waals surface area contributed by atoms with Crippen LogP contribution in [0.25, 0.3) is 0 Å². The van der Waals surface area contributed by atoms with Crippen LogP contribution in [0.15, 0.2) is 29.2 Å². The number of piperazine rings is 1. The molecule has 1 aliphatic rings. The second-order valence-corrected chi connectivity index (χ2v) is 8.39. The molecule has 1 heterocycles. The van der Waals surface area contributed by atoms with Gasteiger partial charge in [-0.2, -0.15) is 4.31 Å². The highest BCUT2D eigenvalue weighted by Crippen LogP contribution is 2.19. The molecule has 0 unspecified atom stereocenters. The number of benzene rings is 1. The fourth-order valence-corrected chi connectivity index (χ4v) is 4.39. The Hall–Kier alpha value is -1.15. The maximum atomic E-state index is 12.8. The Morgan fingerprint density at radius 3 is 2.36 bits per heavy atom. The van der Waals surface area contributed by atoms with Gasteiger partial charge in [0.15, 0.2) is 0 Å². The van der Waals surface area contributed by atoms with E-state index >= 15 is 0 Å². The summed E-state index contributed by atoms with van der Waals surface area (Å²) in [4.78, 5) is 13.9. The van der Waals surface area contributed by atoms with Gasteiger partial charge in [-0.3, -0.25) is 9.69 Å². The van der Waals surface area contributed by atoms with Crippen molar-refractivity contribution >= 4 is 27.5 Å². The Balaban J connectivity index is 1.93. The minimum Gasteiger partial charge on any atom is -0.355 e. The van der Waals surface area contributed by atoms with E-state index in [-0.39, 0.29) is 5.91 Å². The van der Waals surface area contributed by atoms with Gasteiger partial charge in [0, 0.05) is 38.6 Å². The summed E-state index contributed by atoms with van der Waals surface area (Å²) >= 11 is 5.69. The first kappa shape index (κ1) is 20.2. The first-order valence-corrected chi connectivity index (χ1v) is 10.6. The lowest BCUT2D eigenvalue weighted by Crippen LogP contribution is -2.51. The van der Waals surface area contributed by atoms with Crippen molar-refractivity contribution in [3.63, 3.8) is 0 Å². The van der Waals surface area contributed by atoms with E-state index in [9.17, 15) is 13.2 Å². The van der Waals surface area contributed by atoms with Crippen molar-refractivity contribution in [1.82, 2.24) is 14.5 Å². The second-order valence-electron chi connectivity index (χ2n) is 6.07. The lowest BCUT2D eigenvalue weighted by Gasteiger charge is -2.33. The number of aryl methyl sites for hydroxylation is 1. The smallest absolute Gasteiger partial charge is 0.243 e. The molecule has 0 spiro atoms. The van der Waals surface area contributed by atoms with Gasteiger partial charge >= 0.3 is 0 Å². The van der Waals surface area contributed by atoms with Crippen molar-refractivity contribution in [3.8, 4) is 0 Å². The third-order valence-electron chi connectivity index (χ3n) is 4.23. The predicted molar refractivity (Wildman–Crippen MR) is 99.4 cm³/mol. The minimum absolute atomic E-state index is 0.0219. The van der Waals surface area contributed by atoms with Crippen LogP contribution in [0.4, 0.5) is 0 Å². The van der Waals surface area contributed by atoms with Crippen LogP contribution < -0.4 is 5.32 Å². The summed E-state index contributed by atoms with van der Waals surface area (Å²) < 4.78 is 27.0. The van der Waals surface area contributed by atoms with Gasteiger partial charge in [0.2, 0.25) is 15.9 Å². The topological polar surface area (TPSA) is 69.7 Å². The Bertz CT molecular complexity index is 656. The van der Waals surface area contributed by atoms with Gasteiger partial charge in [-0.1, -0.05) is 12.1 Å². The second kappa shape index (κ2) is 9.52. The summed E-state index contributed by atoms with van der Waals surface area (Å²) in [6, 6.07) is 7.04. The monoisotopic (exact) mass is 387 g/mol. The predicted octanol–water partition coefficient (Wildman–Crippen LogP) is 1.30. The maximum Gasteiger partial charge on any atom is 0.243 e. The van der Waals surface area contributed by atoms with E-state index in [0.717, 1.165) is 18.4 Å². The number of alkyl halides is 1. The van der Waals surface area contributed by atoms with E-state index in [2.05, 4.69) is 5.32 Å². The lowest BCUT2D eigenvalue weighted by atomic mass is 10.1. The highest BCUT2D eigenvalue weighted by molar-refractivity contribution is 7.89. The molecule has 0 aromatic heterocycles. The molecule has 0 atom stereocenters. The van der Waals surface area contributed by atoms with Crippen LogP contribution in [-0.4, -0.2) is 68.7 Å². The maximum absolute atomic E-state index is 12.8. The number of rotatable bonds is 8. The number of carbonyl (C=O) groups excluding carboxylic acids is 1. The van der Waals surface area contributed by atoms with Gasteiger partial charge in [0.05, 0.1) is 11.4 Å². The van der Waals surface area contributed by atoms with Crippen LogP contribution in [0.3, 0.4) is 0 Å². The first-order chi connectivity index (χ1) is 12.0. The normalized spacial score (nSPS) is 16.7. The molecule has 1 aromatic rings. The standard InChI is InChI=1S/C17H26ClN3O3S/c1-2-19-17(22)14-20-10-12-21(13-11-20)25(23,24)16-7-5-15(6-8-16)4-3-9-18/h5-8H,2-4,9-14H2,1H3,(H,19,22). The number of nitrogens with zero attached hydrogens (tertiary/aromatic N) is 2. The molecule has 2 rings (SSSR count). The van der Waals surface area contributed by atoms with Crippen molar-refractivity contribution in [2.45, 2.75) is 24.7 Å². The van der Waals surface area contributed by atoms with Crippen molar-refractivity contribution in [1.29, 1.82) is 0 Å². The number of hydrogen-bond donors (Lipinski definition) is 1. The molecule has 1 aromatic carbocycles. The summed E-state index contributed by atoms with van der Waals surface area (Å²) in [6.07, 6.45) is 1.73. The molecule has 0 radical (unpaired) electrons. The molecule has 0 bridgehead atoms. The molecule has 0 saturated carbocycles. The quantitative estimate of drug-likeness (QED) is 0.682. The molecule has 1 N–H and O–H groups in total. The zero-order valence-corrected chi connectivity index (χ0v) is 16.2. The van der Waals surface area contributed by atoms with Crippen LogP contribution >= 0.6 is 11.6 Å². The average molecular weight is 388 g/mol. The molecule has 1 saturated heterocycles. The van der Waals surface area contributed by atoms with Gasteiger partial charge in [0.1, 0.15) is 0 Å². The van der Waals surface area contributed by atoms with E-state index in [1.54, 1.807) is 12.1 Å². The molecular formula is C17H26ClN3O3S. The lowest BCUT2D eigenvalue weighted by molar-refractivity contribution is -0.122. The number of hydrogen-bond acceptors (Lipinski definition) is 4. The van der Waals surface area contributed by atoms with Gasteiger partial charge in [-0.25, -0.2) is 8.42 Å². The fraction of sp³-hybridized carbons (Fsp3) is 0.588. The summed E-state index contributed by atoms with van der Waals surface area (Å²) in [5.74, 6) is 0.576. The molecule has 25 heavy (non-hydrogen) atoms. The Morgan fingerprint density at radius 1 is 1.16 bits per heavy atom. The number of carbonyl (C=O) groups is 1. The van der Waals surface area contributed by atoms with E-state index in [1.807, 2.05) is 24.0 Å². The molecule has 140 valence electrons. The third kappa shape index (κ3) is 5.67. The zero-order valence-electron chi connectivity index (χ0n) is 14.6. The molecule has 1 amide bonds. The van der Waals surface area contributed by atoms with Gasteiger partial charge in [-0.05, 0) is 37.5 Å². The van der Waals surface area contributed by atoms with Gasteiger partial charge < -0.3 is 5.32 Å². The Labute approximate surface area is 155 Å². The molecule has 8 heteroatoms. The minimum atomic E-state index is -3.48. The van der Waals surface area contributed by atoms with Crippen LogP contribution in [0.1, 0.15) is 18.9 Å². The number of sulfonamides is 1. The SMILES string of the molecule is CCNC(=O)CN1CCN(S(=O)(=O)c2ccc(CCCCl)cc2)CC1. The number of nitrogens with one attached hydrogen (secondary N) is 1. The number of amides is 1. The van der Waals surface area contributed by atoms with Crippen molar-refractivity contribution in [3.05, 3.63) is 29.8 Å². The average Bonchev–Trinajstić information content (AvgIpc) is 2.61. The highest BCUT2D eigenvalue weighted by atomic mass is 35.5. The summed E-state index contributed by atoms with van der Waals surface area (Å²) in [5, 5.41) is 2.76. The number of halogens is 1.